The van der Waals surface area contributed by atoms with E-state index < -0.39 is 0 Å². The van der Waals surface area contributed by atoms with Crippen molar-refractivity contribution in [3.05, 3.63) is 87.9 Å². The van der Waals surface area contributed by atoms with E-state index >= 15 is 0 Å². The third-order valence-electron chi connectivity index (χ3n) is 4.02. The van der Waals surface area contributed by atoms with Crippen molar-refractivity contribution in [1.82, 2.24) is 10.4 Å². The zero-order valence-corrected chi connectivity index (χ0v) is 15.7. The highest BCUT2D eigenvalue weighted by atomic mass is 32.1. The predicted octanol–water partition coefficient (Wildman–Crippen LogP) is 4.32. The van der Waals surface area contributed by atoms with Crippen molar-refractivity contribution in [2.45, 2.75) is 26.2 Å². The minimum absolute atomic E-state index is 0.000178. The fraction of sp³-hybridized carbons (Fsp3) is 0.190. The monoisotopic (exact) mass is 363 g/mol. The van der Waals surface area contributed by atoms with Gasteiger partial charge in [0.05, 0.1) is 6.42 Å². The molecule has 1 aromatic heterocycles. The van der Waals surface area contributed by atoms with Gasteiger partial charge in [-0.3, -0.25) is 4.79 Å². The lowest BCUT2D eigenvalue weighted by Crippen LogP contribution is -2.23. The second kappa shape index (κ2) is 8.54. The molecule has 3 aromatic rings. The van der Waals surface area contributed by atoms with Crippen molar-refractivity contribution in [3.8, 4) is 0 Å². The zero-order valence-electron chi connectivity index (χ0n) is 14.8. The standard InChI is InChI=1S/C21H21N3OS/c1-15-14-26-20(22-15)13-19(25)24-23-16(2)21(17-9-5-3-6-10-17)18-11-7-4-8-12-18/h3-12,14,21H,13H2,1-2H3,(H,24,25)/b23-16-. The molecule has 5 heteroatoms. The van der Waals surface area contributed by atoms with Gasteiger partial charge >= 0.3 is 0 Å². The Kier molecular flexibility index (Phi) is 5.92. The van der Waals surface area contributed by atoms with E-state index in [2.05, 4.69) is 39.8 Å². The number of hydrogen-bond acceptors (Lipinski definition) is 4. The van der Waals surface area contributed by atoms with Crippen LogP contribution in [-0.4, -0.2) is 16.6 Å². The Morgan fingerprint density at radius 1 is 1.08 bits per heavy atom. The molecule has 0 aliphatic carbocycles. The number of rotatable bonds is 6. The molecule has 0 saturated carbocycles. The third kappa shape index (κ3) is 4.64. The number of nitrogens with zero attached hydrogens (tertiary/aromatic N) is 2. The molecule has 0 aliphatic rings. The van der Waals surface area contributed by atoms with Gasteiger partial charge in [0, 0.05) is 22.7 Å². The highest BCUT2D eigenvalue weighted by Crippen LogP contribution is 2.26. The molecule has 1 heterocycles. The van der Waals surface area contributed by atoms with E-state index in [1.165, 1.54) is 11.3 Å². The number of aromatic nitrogens is 1. The van der Waals surface area contributed by atoms with Gasteiger partial charge in [0.2, 0.25) is 5.91 Å². The Labute approximate surface area is 157 Å². The SMILES string of the molecule is C/C(=N/NC(=O)Cc1nc(C)cs1)C(c1ccccc1)c1ccccc1. The van der Waals surface area contributed by atoms with Gasteiger partial charge in [-0.25, -0.2) is 10.4 Å². The van der Waals surface area contributed by atoms with E-state index in [1.807, 2.05) is 55.6 Å². The number of carbonyl (C=O) groups is 1. The van der Waals surface area contributed by atoms with Gasteiger partial charge in [-0.15, -0.1) is 11.3 Å². The average molecular weight is 363 g/mol. The van der Waals surface area contributed by atoms with Crippen LogP contribution >= 0.6 is 11.3 Å². The van der Waals surface area contributed by atoms with Crippen molar-refractivity contribution < 1.29 is 4.79 Å². The molecule has 0 saturated heterocycles. The lowest BCUT2D eigenvalue weighted by Gasteiger charge is -2.18. The summed E-state index contributed by atoms with van der Waals surface area (Å²) in [6.45, 7) is 3.86. The highest BCUT2D eigenvalue weighted by Gasteiger charge is 2.17. The van der Waals surface area contributed by atoms with Gasteiger partial charge in [0.25, 0.3) is 0 Å². The van der Waals surface area contributed by atoms with Crippen molar-refractivity contribution in [2.75, 3.05) is 0 Å². The van der Waals surface area contributed by atoms with Crippen LogP contribution in [-0.2, 0) is 11.2 Å². The van der Waals surface area contributed by atoms with Crippen LogP contribution in [0.15, 0.2) is 71.1 Å². The first kappa shape index (κ1) is 18.0. The largest absolute Gasteiger partial charge is 0.273 e. The summed E-state index contributed by atoms with van der Waals surface area (Å²) >= 11 is 1.49. The van der Waals surface area contributed by atoms with E-state index in [0.29, 0.717) is 0 Å². The molecule has 1 amide bonds. The number of thiazole rings is 1. The summed E-state index contributed by atoms with van der Waals surface area (Å²) in [5.74, 6) is -0.154. The summed E-state index contributed by atoms with van der Waals surface area (Å²) in [6.07, 6.45) is 0.247. The van der Waals surface area contributed by atoms with Crippen LogP contribution in [0.25, 0.3) is 0 Å². The summed E-state index contributed by atoms with van der Waals surface area (Å²) in [4.78, 5) is 16.5. The Balaban J connectivity index is 1.77. The Morgan fingerprint density at radius 2 is 1.65 bits per heavy atom. The average Bonchev–Trinajstić information content (AvgIpc) is 3.07. The minimum atomic E-state index is -0.154. The quantitative estimate of drug-likeness (QED) is 0.524. The van der Waals surface area contributed by atoms with E-state index in [1.54, 1.807) is 0 Å². The summed E-state index contributed by atoms with van der Waals surface area (Å²) < 4.78 is 0. The zero-order chi connectivity index (χ0) is 18.4. The maximum Gasteiger partial charge on any atom is 0.246 e. The van der Waals surface area contributed by atoms with Crippen molar-refractivity contribution in [1.29, 1.82) is 0 Å². The topological polar surface area (TPSA) is 54.4 Å². The lowest BCUT2D eigenvalue weighted by molar-refractivity contribution is -0.120. The molecule has 132 valence electrons. The predicted molar refractivity (Wildman–Crippen MR) is 107 cm³/mol. The van der Waals surface area contributed by atoms with Crippen LogP contribution in [0.3, 0.4) is 0 Å². The fourth-order valence-electron chi connectivity index (χ4n) is 2.84. The van der Waals surface area contributed by atoms with Gasteiger partial charge < -0.3 is 0 Å². The van der Waals surface area contributed by atoms with Crippen LogP contribution in [0, 0.1) is 6.92 Å². The van der Waals surface area contributed by atoms with Gasteiger partial charge in [-0.1, -0.05) is 60.7 Å². The van der Waals surface area contributed by atoms with Crippen LogP contribution in [0.5, 0.6) is 0 Å². The van der Waals surface area contributed by atoms with Crippen molar-refractivity contribution in [2.24, 2.45) is 5.10 Å². The van der Waals surface area contributed by atoms with Crippen LogP contribution < -0.4 is 5.43 Å². The number of hydrogen-bond donors (Lipinski definition) is 1. The number of carbonyl (C=O) groups excluding carboxylic acids is 1. The van der Waals surface area contributed by atoms with Gasteiger partial charge in [0.1, 0.15) is 5.01 Å². The van der Waals surface area contributed by atoms with E-state index in [-0.39, 0.29) is 18.2 Å². The molecule has 2 aromatic carbocycles. The normalized spacial score (nSPS) is 11.6. The Bertz CT molecular complexity index is 848. The molecule has 4 nitrogen and oxygen atoms in total. The Morgan fingerprint density at radius 3 is 2.15 bits per heavy atom. The smallest absolute Gasteiger partial charge is 0.246 e. The molecule has 0 atom stereocenters. The molecule has 26 heavy (non-hydrogen) atoms. The number of aryl methyl sites for hydroxylation is 1. The molecule has 1 N–H and O–H groups in total. The molecular formula is C21H21N3OS. The second-order valence-electron chi connectivity index (χ2n) is 6.10. The van der Waals surface area contributed by atoms with E-state index in [0.717, 1.165) is 27.5 Å². The first-order valence-corrected chi connectivity index (χ1v) is 9.35. The van der Waals surface area contributed by atoms with Gasteiger partial charge in [-0.2, -0.15) is 5.10 Å². The highest BCUT2D eigenvalue weighted by molar-refractivity contribution is 7.09. The molecule has 0 aliphatic heterocycles. The summed E-state index contributed by atoms with van der Waals surface area (Å²) in [5.41, 5.74) is 6.74. The van der Waals surface area contributed by atoms with Crippen LogP contribution in [0.2, 0.25) is 0 Å². The number of hydrazone groups is 1. The maximum absolute atomic E-state index is 12.2. The van der Waals surface area contributed by atoms with Crippen LogP contribution in [0.4, 0.5) is 0 Å². The third-order valence-corrected chi connectivity index (χ3v) is 4.99. The summed E-state index contributed by atoms with van der Waals surface area (Å²) in [5, 5.41) is 7.12. The summed E-state index contributed by atoms with van der Waals surface area (Å²) in [6, 6.07) is 20.4. The first-order chi connectivity index (χ1) is 12.6. The van der Waals surface area contributed by atoms with E-state index in [9.17, 15) is 4.79 Å². The lowest BCUT2D eigenvalue weighted by atomic mass is 9.88. The molecule has 0 unspecified atom stereocenters. The molecule has 0 fully saturated rings. The summed E-state index contributed by atoms with van der Waals surface area (Å²) in [7, 11) is 0. The molecule has 0 radical (unpaired) electrons. The first-order valence-electron chi connectivity index (χ1n) is 8.47. The van der Waals surface area contributed by atoms with Crippen LogP contribution in [0.1, 0.15) is 34.7 Å². The number of benzene rings is 2. The fourth-order valence-corrected chi connectivity index (χ4v) is 3.61. The number of nitrogens with one attached hydrogen (secondary N) is 1. The van der Waals surface area contributed by atoms with Gasteiger partial charge in [-0.05, 0) is 25.0 Å². The molecule has 3 rings (SSSR count). The number of amides is 1. The molecule has 0 spiro atoms. The molecular weight excluding hydrogens is 342 g/mol. The second-order valence-corrected chi connectivity index (χ2v) is 7.04. The Hall–Kier alpha value is -2.79. The van der Waals surface area contributed by atoms with Gasteiger partial charge in [0.15, 0.2) is 0 Å². The minimum Gasteiger partial charge on any atom is -0.273 e. The van der Waals surface area contributed by atoms with Crippen molar-refractivity contribution in [3.63, 3.8) is 0 Å². The van der Waals surface area contributed by atoms with Crippen molar-refractivity contribution >= 4 is 23.0 Å². The molecule has 0 bridgehead atoms. The maximum atomic E-state index is 12.2. The van der Waals surface area contributed by atoms with E-state index in [4.69, 9.17) is 0 Å².